The third kappa shape index (κ3) is 9.72. The van der Waals surface area contributed by atoms with E-state index >= 15 is 9.59 Å². The third-order valence-corrected chi connectivity index (χ3v) is 18.4. The number of fused-ring (bicyclic) bond motifs is 17. The number of methoxy groups -OCH3 is 1. The molecule has 11 atom stereocenters. The zero-order valence-corrected chi connectivity index (χ0v) is 44.8. The van der Waals surface area contributed by atoms with Gasteiger partial charge in [0, 0.05) is 66.8 Å². The third-order valence-electron chi connectivity index (χ3n) is 18.4. The molecule has 13 rings (SSSR count). The summed E-state index contributed by atoms with van der Waals surface area (Å²) in [6.07, 6.45) is 14.1. The smallest absolute Gasteiger partial charge is 0.340 e. The quantitative estimate of drug-likeness (QED) is 0.0518. The Morgan fingerprint density at radius 3 is 2.41 bits per heavy atom. The predicted molar refractivity (Wildman–Crippen MR) is 301 cm³/mol. The van der Waals surface area contributed by atoms with E-state index in [9.17, 15) is 20.1 Å². The highest BCUT2D eigenvalue weighted by molar-refractivity contribution is 5.90. The topological polar surface area (TPSA) is 162 Å². The lowest BCUT2D eigenvalue weighted by molar-refractivity contribution is -0.205. The van der Waals surface area contributed by atoms with Crippen LogP contribution >= 0.6 is 0 Å². The van der Waals surface area contributed by atoms with Crippen molar-refractivity contribution < 1.29 is 48.3 Å². The molecule has 1 fully saturated rings. The Balaban J connectivity index is 1.02. The molecule has 5 aromatic carbocycles. The SMILES string of the molecule is COCC(CCO)c1c(CO)c2ccc3c(c2oc1=O)C1OC(=O)CC2CC(c4cccc(Cc5ccccc5)c4)C=CC2c2ccc(cc2)CCC(=C(C)CO)C(=O)OC1C1(CC=CC2C4C=Cc5ccccc5C4CC21)O3. The molecule has 1 spiro atoms. The van der Waals surface area contributed by atoms with E-state index in [1.807, 2.05) is 6.07 Å². The first kappa shape index (κ1) is 52.5. The molecular formula is C68H68O11. The van der Waals surface area contributed by atoms with E-state index in [-0.39, 0.29) is 103 Å². The standard InChI is InChI=1S/C68H68O11/c1-40(37-70)50-24-19-41-17-20-45(21-18-41)51-25-23-47(46-14-8-12-43(33-46)32-42-10-4-3-5-11-42)34-49(51)35-60(72)76-64-62-59(28-27-55-57(38-71)61(67(74)77-63(55)62)48(29-31-69)39-75-2)79-68(65(64)78-66(50)73)30-9-16-54-53-26-22-44-13-6-7-15-52(44)56(53)36-58(54)68/h3-18,20-23,25-28,33,47-49,51,53-54,56,58,64-65,69-71H,19,24,29-32,34-39H2,1-2H3. The van der Waals surface area contributed by atoms with E-state index in [4.69, 9.17) is 23.4 Å². The predicted octanol–water partition coefficient (Wildman–Crippen LogP) is 11.4. The Kier molecular flexibility index (Phi) is 14.7. The van der Waals surface area contributed by atoms with E-state index in [0.717, 1.165) is 28.7 Å². The van der Waals surface area contributed by atoms with Gasteiger partial charge < -0.3 is 38.7 Å². The van der Waals surface area contributed by atoms with Crippen molar-refractivity contribution in [3.63, 3.8) is 0 Å². The molecule has 11 nitrogen and oxygen atoms in total. The van der Waals surface area contributed by atoms with Crippen LogP contribution in [0.25, 0.3) is 17.0 Å². The van der Waals surface area contributed by atoms with Crippen molar-refractivity contribution in [3.8, 4) is 5.75 Å². The van der Waals surface area contributed by atoms with Crippen molar-refractivity contribution in [3.05, 3.63) is 223 Å². The van der Waals surface area contributed by atoms with Crippen molar-refractivity contribution in [1.82, 2.24) is 0 Å². The second-order valence-corrected chi connectivity index (χ2v) is 22.8. The van der Waals surface area contributed by atoms with Crippen LogP contribution in [0.1, 0.15) is 131 Å². The normalized spacial score (nSPS) is 27.9. The zero-order chi connectivity index (χ0) is 54.4. The van der Waals surface area contributed by atoms with Gasteiger partial charge in [0.15, 0.2) is 17.8 Å². The molecule has 79 heavy (non-hydrogen) atoms. The maximum Gasteiger partial charge on any atom is 0.340 e. The largest absolute Gasteiger partial charge is 0.482 e. The first-order valence-electron chi connectivity index (χ1n) is 28.1. The molecule has 6 aromatic rings. The fraction of sp³-hybridized carbons (Fsp3) is 0.368. The van der Waals surface area contributed by atoms with E-state index in [2.05, 4.69) is 134 Å². The fourth-order valence-electron chi connectivity index (χ4n) is 14.6. The number of benzene rings is 5. The Morgan fingerprint density at radius 2 is 1.61 bits per heavy atom. The molecule has 4 aliphatic carbocycles. The van der Waals surface area contributed by atoms with Crippen LogP contribution in [-0.4, -0.2) is 65.9 Å². The molecule has 11 unspecified atom stereocenters. The summed E-state index contributed by atoms with van der Waals surface area (Å²) in [5, 5.41) is 32.5. The lowest BCUT2D eigenvalue weighted by Crippen LogP contribution is -2.61. The lowest BCUT2D eigenvalue weighted by atomic mass is 9.66. The van der Waals surface area contributed by atoms with Crippen molar-refractivity contribution in [1.29, 1.82) is 0 Å². The molecule has 2 bridgehead atoms. The number of aliphatic hydroxyl groups is 3. The highest BCUT2D eigenvalue weighted by Gasteiger charge is 2.64. The Bertz CT molecular complexity index is 3450. The van der Waals surface area contributed by atoms with Gasteiger partial charge in [-0.05, 0) is 131 Å². The van der Waals surface area contributed by atoms with Gasteiger partial charge >= 0.3 is 17.6 Å². The summed E-state index contributed by atoms with van der Waals surface area (Å²) in [5.41, 5.74) is 7.49. The van der Waals surface area contributed by atoms with Crippen molar-refractivity contribution in [2.24, 2.45) is 23.7 Å². The minimum Gasteiger partial charge on any atom is -0.482 e. The average molecular weight is 1060 g/mol. The molecule has 11 heteroatoms. The summed E-state index contributed by atoms with van der Waals surface area (Å²) >= 11 is 0. The number of rotatable bonds is 10. The minimum absolute atomic E-state index is 0.00326. The van der Waals surface area contributed by atoms with Crippen LogP contribution in [0.2, 0.25) is 0 Å². The van der Waals surface area contributed by atoms with Gasteiger partial charge in [-0.25, -0.2) is 9.59 Å². The number of aliphatic hydroxyl groups excluding tert-OH is 3. The van der Waals surface area contributed by atoms with Gasteiger partial charge in [0.2, 0.25) is 0 Å². The Labute approximate surface area is 460 Å². The number of esters is 2. The second-order valence-electron chi connectivity index (χ2n) is 22.8. The monoisotopic (exact) mass is 1060 g/mol. The number of hydrogen-bond donors (Lipinski definition) is 3. The molecule has 406 valence electrons. The van der Waals surface area contributed by atoms with Gasteiger partial charge in [-0.15, -0.1) is 0 Å². The summed E-state index contributed by atoms with van der Waals surface area (Å²) in [4.78, 5) is 45.7. The van der Waals surface area contributed by atoms with Gasteiger partial charge in [0.25, 0.3) is 0 Å². The maximum absolute atomic E-state index is 15.6. The number of carbonyl (C=O) groups excluding carboxylic acids is 2. The minimum atomic E-state index is -1.38. The van der Waals surface area contributed by atoms with Crippen LogP contribution in [0.4, 0.5) is 0 Å². The van der Waals surface area contributed by atoms with Crippen molar-refractivity contribution in [2.45, 2.75) is 106 Å². The number of allylic oxidation sites excluding steroid dienone is 4. The molecule has 3 aliphatic heterocycles. The second kappa shape index (κ2) is 22.2. The molecule has 0 amide bonds. The maximum atomic E-state index is 15.6. The number of carbonyl (C=O) groups is 2. The molecule has 4 heterocycles. The highest BCUT2D eigenvalue weighted by Crippen LogP contribution is 2.62. The molecule has 3 N–H and O–H groups in total. The molecule has 7 aliphatic rings. The molecular weight excluding hydrogens is 993 g/mol. The van der Waals surface area contributed by atoms with Gasteiger partial charge in [-0.3, -0.25) is 4.79 Å². The molecule has 0 saturated heterocycles. The van der Waals surface area contributed by atoms with Crippen LogP contribution in [0.15, 0.2) is 166 Å². The van der Waals surface area contributed by atoms with Gasteiger partial charge in [0.05, 0.1) is 25.4 Å². The first-order valence-corrected chi connectivity index (χ1v) is 28.1. The summed E-state index contributed by atoms with van der Waals surface area (Å²) in [7, 11) is 1.51. The Hall–Kier alpha value is -7.15. The number of ether oxygens (including phenoxy) is 4. The van der Waals surface area contributed by atoms with E-state index in [1.165, 1.54) is 23.8 Å². The Morgan fingerprint density at radius 1 is 0.797 bits per heavy atom. The van der Waals surface area contributed by atoms with Crippen LogP contribution in [-0.2, 0) is 43.2 Å². The van der Waals surface area contributed by atoms with Crippen molar-refractivity contribution in [2.75, 3.05) is 26.9 Å². The number of aryl methyl sites for hydroxylation is 1. The van der Waals surface area contributed by atoms with Gasteiger partial charge in [-0.2, -0.15) is 0 Å². The fourth-order valence-corrected chi connectivity index (χ4v) is 14.6. The van der Waals surface area contributed by atoms with Crippen LogP contribution in [0, 0.1) is 23.7 Å². The number of hydrogen-bond acceptors (Lipinski definition) is 11. The molecule has 1 aromatic heterocycles. The molecule has 0 radical (unpaired) electrons. The lowest BCUT2D eigenvalue weighted by Gasteiger charge is -2.52. The van der Waals surface area contributed by atoms with Crippen LogP contribution < -0.4 is 10.4 Å². The van der Waals surface area contributed by atoms with Gasteiger partial charge in [0.1, 0.15) is 11.3 Å². The van der Waals surface area contributed by atoms with Gasteiger partial charge in [-0.1, -0.05) is 140 Å². The summed E-state index contributed by atoms with van der Waals surface area (Å²) < 4.78 is 33.6. The average Bonchev–Trinajstić information content (AvgIpc) is 4.15. The van der Waals surface area contributed by atoms with E-state index in [1.54, 1.807) is 19.1 Å². The van der Waals surface area contributed by atoms with Crippen molar-refractivity contribution >= 4 is 29.0 Å². The summed E-state index contributed by atoms with van der Waals surface area (Å²) in [5.74, 6) is -1.95. The summed E-state index contributed by atoms with van der Waals surface area (Å²) in [6, 6.07) is 39.5. The van der Waals surface area contributed by atoms with Crippen LogP contribution in [0.5, 0.6) is 5.75 Å². The summed E-state index contributed by atoms with van der Waals surface area (Å²) in [6.45, 7) is 0.646. The highest BCUT2D eigenvalue weighted by atomic mass is 16.6. The van der Waals surface area contributed by atoms with Crippen LogP contribution in [0.3, 0.4) is 0 Å². The first-order chi connectivity index (χ1) is 38.6. The zero-order valence-electron chi connectivity index (χ0n) is 44.8. The molecule has 1 saturated carbocycles. The van der Waals surface area contributed by atoms with E-state index in [0.29, 0.717) is 48.0 Å². The van der Waals surface area contributed by atoms with E-state index < -0.39 is 47.9 Å².